The molecule has 0 atom stereocenters. The second-order valence-electron chi connectivity index (χ2n) is 3.17. The van der Waals surface area contributed by atoms with Crippen LogP contribution >= 0.6 is 23.3 Å². The molecular formula is C10H9F2N3S2. The molecule has 3 nitrogen and oxygen atoms in total. The summed E-state index contributed by atoms with van der Waals surface area (Å²) >= 11 is 2.55. The summed E-state index contributed by atoms with van der Waals surface area (Å²) in [7, 11) is 1.22. The minimum Gasteiger partial charge on any atom is -0.309 e. The highest BCUT2D eigenvalue weighted by Crippen LogP contribution is 2.26. The number of nitrogens with one attached hydrogen (secondary N) is 1. The number of thiazole rings is 1. The summed E-state index contributed by atoms with van der Waals surface area (Å²) < 4.78 is 29.3. The van der Waals surface area contributed by atoms with Gasteiger partial charge in [0.25, 0.3) is 0 Å². The molecule has 1 N–H and O–H groups in total. The highest BCUT2D eigenvalue weighted by Gasteiger charge is 2.07. The van der Waals surface area contributed by atoms with Crippen molar-refractivity contribution in [3.05, 3.63) is 34.9 Å². The second-order valence-corrected chi connectivity index (χ2v) is 4.74. The smallest absolute Gasteiger partial charge is 0.147 e. The summed E-state index contributed by atoms with van der Waals surface area (Å²) in [6, 6.07) is 4.17. The molecule has 0 unspecified atom stereocenters. The lowest BCUT2D eigenvalue weighted by Crippen LogP contribution is -2.02. The molecule has 0 amide bonds. The van der Waals surface area contributed by atoms with Crippen molar-refractivity contribution >= 4 is 34.8 Å². The molecule has 0 radical (unpaired) electrons. The maximum atomic E-state index is 13.6. The number of aromatic nitrogens is 1. The largest absolute Gasteiger partial charge is 0.309 e. The van der Waals surface area contributed by atoms with Gasteiger partial charge in [-0.2, -0.15) is 0 Å². The monoisotopic (exact) mass is 273 g/mol. The van der Waals surface area contributed by atoms with E-state index in [1.165, 1.54) is 30.5 Å². The fraction of sp³-hybridized carbons (Fsp3) is 0.100. The normalized spacial score (nSPS) is 10.3. The highest BCUT2D eigenvalue weighted by atomic mass is 32.2. The van der Waals surface area contributed by atoms with E-state index in [0.29, 0.717) is 15.8 Å². The first-order valence-corrected chi connectivity index (χ1v) is 6.43. The van der Waals surface area contributed by atoms with Gasteiger partial charge in [-0.15, -0.1) is 15.8 Å². The third kappa shape index (κ3) is 3.07. The van der Waals surface area contributed by atoms with E-state index in [1.54, 1.807) is 5.51 Å². The van der Waals surface area contributed by atoms with E-state index in [-0.39, 0.29) is 5.69 Å². The number of hydrogen-bond donors (Lipinski definition) is 1. The van der Waals surface area contributed by atoms with Gasteiger partial charge in [-0.05, 0) is 24.1 Å². The van der Waals surface area contributed by atoms with Gasteiger partial charge in [0.15, 0.2) is 0 Å². The van der Waals surface area contributed by atoms with Crippen molar-refractivity contribution in [2.45, 2.75) is 4.90 Å². The van der Waals surface area contributed by atoms with Crippen molar-refractivity contribution in [1.29, 1.82) is 0 Å². The van der Waals surface area contributed by atoms with Crippen LogP contribution in [0, 0.1) is 5.82 Å². The minimum absolute atomic E-state index is 0.181. The van der Waals surface area contributed by atoms with E-state index in [2.05, 4.69) is 9.71 Å². The number of halogens is 2. The van der Waals surface area contributed by atoms with Gasteiger partial charge in [0.1, 0.15) is 11.6 Å². The first-order chi connectivity index (χ1) is 8.16. The standard InChI is InChI=1S/C10H9F2N3S2/c1-15(12)7-2-3-9(8(11)4-7)17-14-10-5-16-6-13-10/h2-6,14H,1H3. The van der Waals surface area contributed by atoms with E-state index >= 15 is 0 Å². The molecule has 0 saturated heterocycles. The molecule has 0 spiro atoms. The number of hydrogen-bond acceptors (Lipinski definition) is 5. The van der Waals surface area contributed by atoms with E-state index in [9.17, 15) is 8.87 Å². The van der Waals surface area contributed by atoms with Crippen LogP contribution in [0.4, 0.5) is 20.4 Å². The zero-order chi connectivity index (χ0) is 12.3. The van der Waals surface area contributed by atoms with Gasteiger partial charge in [0.05, 0.1) is 16.1 Å². The zero-order valence-corrected chi connectivity index (χ0v) is 10.5. The predicted molar refractivity (Wildman–Crippen MR) is 67.5 cm³/mol. The van der Waals surface area contributed by atoms with Gasteiger partial charge in [0, 0.05) is 18.5 Å². The van der Waals surface area contributed by atoms with Crippen LogP contribution in [0.25, 0.3) is 0 Å². The summed E-state index contributed by atoms with van der Waals surface area (Å²) in [6.07, 6.45) is 0. The minimum atomic E-state index is -0.472. The average Bonchev–Trinajstić information content (AvgIpc) is 2.80. The molecule has 0 fully saturated rings. The Kier molecular flexibility index (Phi) is 3.80. The van der Waals surface area contributed by atoms with Crippen LogP contribution in [0.3, 0.4) is 0 Å². The number of nitrogens with zero attached hydrogens (tertiary/aromatic N) is 2. The van der Waals surface area contributed by atoms with Crippen LogP contribution < -0.4 is 9.84 Å². The molecule has 0 bridgehead atoms. The third-order valence-corrected chi connectivity index (χ3v) is 3.42. The summed E-state index contributed by atoms with van der Waals surface area (Å²) in [6.45, 7) is 0. The van der Waals surface area contributed by atoms with Gasteiger partial charge in [-0.25, -0.2) is 14.5 Å². The number of benzene rings is 1. The first kappa shape index (κ1) is 12.1. The molecule has 17 heavy (non-hydrogen) atoms. The lowest BCUT2D eigenvalue weighted by Gasteiger charge is -2.09. The molecule has 7 heteroatoms. The lowest BCUT2D eigenvalue weighted by molar-refractivity contribution is 0.473. The fourth-order valence-electron chi connectivity index (χ4n) is 1.13. The summed E-state index contributed by atoms with van der Waals surface area (Å²) in [5.74, 6) is 0.200. The molecular weight excluding hydrogens is 264 g/mol. The van der Waals surface area contributed by atoms with Gasteiger partial charge in [0.2, 0.25) is 0 Å². The Bertz CT molecular complexity index is 488. The van der Waals surface area contributed by atoms with Crippen molar-refractivity contribution < 1.29 is 8.87 Å². The van der Waals surface area contributed by atoms with E-state index in [0.717, 1.165) is 18.0 Å². The Morgan fingerprint density at radius 2 is 2.29 bits per heavy atom. The third-order valence-electron chi connectivity index (χ3n) is 1.97. The Hall–Kier alpha value is -1.34. The molecule has 0 aliphatic carbocycles. The van der Waals surface area contributed by atoms with Crippen LogP contribution in [0.1, 0.15) is 0 Å². The van der Waals surface area contributed by atoms with Crippen molar-refractivity contribution in [1.82, 2.24) is 4.98 Å². The molecule has 90 valence electrons. The van der Waals surface area contributed by atoms with Gasteiger partial charge in [-0.1, -0.05) is 0 Å². The average molecular weight is 273 g/mol. The van der Waals surface area contributed by atoms with Crippen molar-refractivity contribution in [3.63, 3.8) is 0 Å². The van der Waals surface area contributed by atoms with Gasteiger partial charge < -0.3 is 4.72 Å². The maximum absolute atomic E-state index is 13.6. The van der Waals surface area contributed by atoms with Crippen molar-refractivity contribution in [2.24, 2.45) is 0 Å². The Balaban J connectivity index is 2.06. The van der Waals surface area contributed by atoms with Crippen LogP contribution in [-0.4, -0.2) is 12.0 Å². The Morgan fingerprint density at radius 3 is 2.88 bits per heavy atom. The van der Waals surface area contributed by atoms with E-state index in [4.69, 9.17) is 0 Å². The summed E-state index contributed by atoms with van der Waals surface area (Å²) in [5.41, 5.74) is 1.86. The molecule has 1 aromatic carbocycles. The van der Waals surface area contributed by atoms with Crippen LogP contribution in [0.2, 0.25) is 0 Å². The lowest BCUT2D eigenvalue weighted by atomic mass is 10.3. The zero-order valence-electron chi connectivity index (χ0n) is 8.85. The quantitative estimate of drug-likeness (QED) is 0.679. The number of rotatable bonds is 4. The molecule has 1 heterocycles. The van der Waals surface area contributed by atoms with Crippen LogP contribution in [0.5, 0.6) is 0 Å². The predicted octanol–water partition coefficient (Wildman–Crippen LogP) is 3.72. The summed E-state index contributed by atoms with van der Waals surface area (Å²) in [5, 5.41) is 2.18. The molecule has 0 aliphatic rings. The Morgan fingerprint density at radius 1 is 1.47 bits per heavy atom. The fourth-order valence-corrected chi connectivity index (χ4v) is 2.31. The maximum Gasteiger partial charge on any atom is 0.147 e. The van der Waals surface area contributed by atoms with Crippen LogP contribution in [-0.2, 0) is 0 Å². The molecule has 0 saturated carbocycles. The van der Waals surface area contributed by atoms with Gasteiger partial charge >= 0.3 is 0 Å². The topological polar surface area (TPSA) is 28.2 Å². The van der Waals surface area contributed by atoms with E-state index in [1.807, 2.05) is 5.38 Å². The molecule has 1 aromatic heterocycles. The van der Waals surface area contributed by atoms with E-state index < -0.39 is 5.82 Å². The second kappa shape index (κ2) is 5.33. The van der Waals surface area contributed by atoms with Gasteiger partial charge in [-0.3, -0.25) is 0 Å². The van der Waals surface area contributed by atoms with Crippen molar-refractivity contribution in [3.8, 4) is 0 Å². The summed E-state index contributed by atoms with van der Waals surface area (Å²) in [4.78, 5) is 4.39. The van der Waals surface area contributed by atoms with Crippen LogP contribution in [0.15, 0.2) is 34.0 Å². The molecule has 2 rings (SSSR count). The first-order valence-electron chi connectivity index (χ1n) is 4.67. The highest BCUT2D eigenvalue weighted by molar-refractivity contribution is 8.00. The number of anilines is 2. The Labute approximate surface area is 106 Å². The van der Waals surface area contributed by atoms with Crippen molar-refractivity contribution in [2.75, 3.05) is 16.9 Å². The molecule has 0 aliphatic heterocycles. The SMILES string of the molecule is CN(F)c1ccc(SNc2cscn2)c(F)c1. The molecule has 2 aromatic rings.